The van der Waals surface area contributed by atoms with Crippen molar-refractivity contribution in [3.8, 4) is 5.75 Å². The van der Waals surface area contributed by atoms with Crippen LogP contribution in [0.25, 0.3) is 10.9 Å². The molecule has 1 aromatic heterocycles. The van der Waals surface area contributed by atoms with Gasteiger partial charge in [-0.3, -0.25) is 9.78 Å². The lowest BCUT2D eigenvalue weighted by Gasteiger charge is -2.36. The quantitative estimate of drug-likeness (QED) is 0.793. The van der Waals surface area contributed by atoms with E-state index in [1.807, 2.05) is 24.3 Å². The Balaban J connectivity index is 1.86. The first-order valence-electron chi connectivity index (χ1n) is 9.82. The average Bonchev–Trinajstić information content (AvgIpc) is 2.68. The fraction of sp³-hybridized carbons (Fsp3) is 0.545. The molecule has 0 atom stereocenters. The molecule has 0 radical (unpaired) electrons. The smallest absolute Gasteiger partial charge is 0.256 e. The highest BCUT2D eigenvalue weighted by Crippen LogP contribution is 2.36. The second kappa shape index (κ2) is 8.26. The molecular formula is C22H30N2O3. The van der Waals surface area contributed by atoms with Gasteiger partial charge < -0.3 is 14.8 Å². The van der Waals surface area contributed by atoms with Crippen molar-refractivity contribution in [1.82, 2.24) is 4.98 Å². The number of hydrogen-bond acceptors (Lipinski definition) is 4. The molecule has 0 saturated heterocycles. The molecule has 27 heavy (non-hydrogen) atoms. The third-order valence-electron chi connectivity index (χ3n) is 5.44. The van der Waals surface area contributed by atoms with Crippen molar-refractivity contribution in [3.05, 3.63) is 30.5 Å². The van der Waals surface area contributed by atoms with Crippen LogP contribution in [-0.4, -0.2) is 30.2 Å². The van der Waals surface area contributed by atoms with E-state index in [1.165, 1.54) is 0 Å². The summed E-state index contributed by atoms with van der Waals surface area (Å²) >= 11 is 0. The lowest BCUT2D eigenvalue weighted by atomic mass is 9.79. The Morgan fingerprint density at radius 1 is 1.30 bits per heavy atom. The maximum Gasteiger partial charge on any atom is 0.256 e. The normalized spacial score (nSPS) is 22.8. The molecule has 5 heteroatoms. The summed E-state index contributed by atoms with van der Waals surface area (Å²) in [4.78, 5) is 17.6. The molecule has 5 nitrogen and oxygen atoms in total. The van der Waals surface area contributed by atoms with Gasteiger partial charge in [-0.25, -0.2) is 0 Å². The van der Waals surface area contributed by atoms with Gasteiger partial charge >= 0.3 is 0 Å². The summed E-state index contributed by atoms with van der Waals surface area (Å²) in [6.45, 7) is 7.08. The molecule has 0 bridgehead atoms. The molecule has 3 rings (SSSR count). The maximum atomic E-state index is 13.1. The first-order valence-corrected chi connectivity index (χ1v) is 9.82. The predicted molar refractivity (Wildman–Crippen MR) is 108 cm³/mol. The highest BCUT2D eigenvalue weighted by molar-refractivity contribution is 6.05. The summed E-state index contributed by atoms with van der Waals surface area (Å²) in [6.07, 6.45) is 5.26. The number of carbonyl (C=O) groups is 1. The van der Waals surface area contributed by atoms with Gasteiger partial charge in [0.25, 0.3) is 5.91 Å². The Hall–Kier alpha value is -2.14. The monoisotopic (exact) mass is 370 g/mol. The number of fused-ring (bicyclic) bond motifs is 1. The number of ether oxygens (including phenoxy) is 2. The Labute approximate surface area is 161 Å². The number of benzene rings is 1. The molecule has 0 aliphatic heterocycles. The molecular weight excluding hydrogens is 340 g/mol. The second-order valence-corrected chi connectivity index (χ2v) is 8.05. The lowest BCUT2D eigenvalue weighted by molar-refractivity contribution is -0.142. The molecule has 0 spiro atoms. The van der Waals surface area contributed by atoms with Crippen LogP contribution in [0.5, 0.6) is 5.75 Å². The second-order valence-electron chi connectivity index (χ2n) is 8.05. The molecule has 1 heterocycles. The fourth-order valence-electron chi connectivity index (χ4n) is 3.62. The maximum absolute atomic E-state index is 13.1. The summed E-state index contributed by atoms with van der Waals surface area (Å²) in [5.41, 5.74) is 0.767. The first-order chi connectivity index (χ1) is 12.9. The Morgan fingerprint density at radius 3 is 2.70 bits per heavy atom. The number of aromatic nitrogens is 1. The fourth-order valence-corrected chi connectivity index (χ4v) is 3.62. The van der Waals surface area contributed by atoms with Crippen molar-refractivity contribution >= 4 is 22.5 Å². The molecule has 1 aliphatic rings. The van der Waals surface area contributed by atoms with Crippen molar-refractivity contribution in [2.24, 2.45) is 11.8 Å². The van der Waals surface area contributed by atoms with E-state index in [4.69, 9.17) is 9.47 Å². The number of rotatable bonds is 6. The van der Waals surface area contributed by atoms with Crippen molar-refractivity contribution < 1.29 is 14.3 Å². The molecule has 1 aliphatic carbocycles. The van der Waals surface area contributed by atoms with Crippen molar-refractivity contribution in [2.45, 2.75) is 52.1 Å². The number of hydrogen-bond donors (Lipinski definition) is 1. The van der Waals surface area contributed by atoms with Crippen LogP contribution in [0.15, 0.2) is 30.5 Å². The van der Waals surface area contributed by atoms with Gasteiger partial charge in [0.05, 0.1) is 12.3 Å². The van der Waals surface area contributed by atoms with Crippen LogP contribution in [0.1, 0.15) is 46.5 Å². The standard InChI is InChI=1S/C22H30N2O3/c1-15(2)14-27-19-8-7-18(17-6-5-13-23-20(17)19)24-21(25)22(26-4)11-9-16(3)10-12-22/h5-8,13,15-16H,9-12,14H2,1-4H3,(H,24,25). The van der Waals surface area contributed by atoms with Gasteiger partial charge in [-0.05, 0) is 61.8 Å². The Kier molecular flexibility index (Phi) is 6.00. The summed E-state index contributed by atoms with van der Waals surface area (Å²) in [7, 11) is 1.64. The summed E-state index contributed by atoms with van der Waals surface area (Å²) in [6, 6.07) is 7.61. The van der Waals surface area contributed by atoms with Gasteiger partial charge in [-0.2, -0.15) is 0 Å². The molecule has 1 fully saturated rings. The van der Waals surface area contributed by atoms with E-state index in [-0.39, 0.29) is 5.91 Å². The van der Waals surface area contributed by atoms with Gasteiger partial charge in [0.2, 0.25) is 0 Å². The minimum Gasteiger partial charge on any atom is -0.491 e. The van der Waals surface area contributed by atoms with E-state index in [0.717, 1.165) is 48.0 Å². The lowest BCUT2D eigenvalue weighted by Crippen LogP contribution is -2.47. The van der Waals surface area contributed by atoms with Crippen LogP contribution in [0.3, 0.4) is 0 Å². The van der Waals surface area contributed by atoms with Crippen LogP contribution in [-0.2, 0) is 9.53 Å². The zero-order chi connectivity index (χ0) is 19.4. The summed E-state index contributed by atoms with van der Waals surface area (Å²) < 4.78 is 11.6. The van der Waals surface area contributed by atoms with Crippen LogP contribution >= 0.6 is 0 Å². The largest absolute Gasteiger partial charge is 0.491 e. The molecule has 2 aromatic rings. The highest BCUT2D eigenvalue weighted by Gasteiger charge is 2.41. The van der Waals surface area contributed by atoms with Gasteiger partial charge in [0.15, 0.2) is 0 Å². The van der Waals surface area contributed by atoms with E-state index in [1.54, 1.807) is 13.3 Å². The number of methoxy groups -OCH3 is 1. The molecule has 146 valence electrons. The van der Waals surface area contributed by atoms with E-state index in [0.29, 0.717) is 18.4 Å². The van der Waals surface area contributed by atoms with Gasteiger partial charge in [-0.1, -0.05) is 20.8 Å². The van der Waals surface area contributed by atoms with Crippen LogP contribution in [0.4, 0.5) is 5.69 Å². The van der Waals surface area contributed by atoms with Crippen molar-refractivity contribution in [1.29, 1.82) is 0 Å². The Bertz CT molecular complexity index is 795. The highest BCUT2D eigenvalue weighted by atomic mass is 16.5. The third kappa shape index (κ3) is 4.24. The van der Waals surface area contributed by atoms with Crippen molar-refractivity contribution in [2.75, 3.05) is 19.0 Å². The topological polar surface area (TPSA) is 60.5 Å². The third-order valence-corrected chi connectivity index (χ3v) is 5.44. The predicted octanol–water partition coefficient (Wildman–Crippen LogP) is 4.80. The minimum atomic E-state index is -0.742. The van der Waals surface area contributed by atoms with E-state index >= 15 is 0 Å². The number of anilines is 1. The number of carbonyl (C=O) groups excluding carboxylic acids is 1. The SMILES string of the molecule is COC1(C(=O)Nc2ccc(OCC(C)C)c3ncccc23)CCC(C)CC1. The number of nitrogens with one attached hydrogen (secondary N) is 1. The number of pyridine rings is 1. The van der Waals surface area contributed by atoms with Crippen LogP contribution in [0, 0.1) is 11.8 Å². The molecule has 1 amide bonds. The average molecular weight is 370 g/mol. The Morgan fingerprint density at radius 2 is 2.04 bits per heavy atom. The minimum absolute atomic E-state index is 0.0714. The van der Waals surface area contributed by atoms with Gasteiger partial charge in [0.1, 0.15) is 16.9 Å². The molecule has 1 aromatic carbocycles. The van der Waals surface area contributed by atoms with Gasteiger partial charge in [-0.15, -0.1) is 0 Å². The number of amides is 1. The zero-order valence-electron chi connectivity index (χ0n) is 16.7. The van der Waals surface area contributed by atoms with E-state index in [2.05, 4.69) is 31.1 Å². The zero-order valence-corrected chi connectivity index (χ0v) is 16.7. The molecule has 0 unspecified atom stereocenters. The van der Waals surface area contributed by atoms with Crippen LogP contribution < -0.4 is 10.1 Å². The summed E-state index contributed by atoms with van der Waals surface area (Å²) in [5, 5.41) is 3.97. The van der Waals surface area contributed by atoms with Crippen molar-refractivity contribution in [3.63, 3.8) is 0 Å². The molecule has 1 saturated carbocycles. The first kappa shape index (κ1) is 19.6. The van der Waals surface area contributed by atoms with Gasteiger partial charge in [0, 0.05) is 18.7 Å². The summed E-state index contributed by atoms with van der Waals surface area (Å²) in [5.74, 6) is 1.74. The van der Waals surface area contributed by atoms with Crippen LogP contribution in [0.2, 0.25) is 0 Å². The number of nitrogens with zero attached hydrogens (tertiary/aromatic N) is 1. The van der Waals surface area contributed by atoms with E-state index in [9.17, 15) is 4.79 Å². The molecule has 1 N–H and O–H groups in total. The van der Waals surface area contributed by atoms with E-state index < -0.39 is 5.60 Å².